The van der Waals surface area contributed by atoms with E-state index in [1.807, 2.05) is 0 Å². The van der Waals surface area contributed by atoms with Gasteiger partial charge in [0.25, 0.3) is 12.3 Å². The summed E-state index contributed by atoms with van der Waals surface area (Å²) in [5.74, 6) is -0.788. The molecule has 7 heteroatoms. The van der Waals surface area contributed by atoms with Gasteiger partial charge in [-0.25, -0.2) is 8.78 Å². The summed E-state index contributed by atoms with van der Waals surface area (Å²) < 4.78 is 25.4. The predicted octanol–water partition coefficient (Wildman–Crippen LogP) is 0.867. The predicted molar refractivity (Wildman–Crippen MR) is 54.5 cm³/mol. The van der Waals surface area contributed by atoms with Crippen LogP contribution in [0, 0.1) is 0 Å². The number of carbonyl (C=O) groups excluding carboxylic acids is 1. The van der Waals surface area contributed by atoms with E-state index in [9.17, 15) is 18.7 Å². The summed E-state index contributed by atoms with van der Waals surface area (Å²) in [7, 11) is 0. The van der Waals surface area contributed by atoms with Crippen LogP contribution in [0.1, 0.15) is 16.8 Å². The zero-order valence-electron chi connectivity index (χ0n) is 8.62. The van der Waals surface area contributed by atoms with Crippen LogP contribution in [0.2, 0.25) is 0 Å². The third-order valence-electron chi connectivity index (χ3n) is 2.42. The summed E-state index contributed by atoms with van der Waals surface area (Å²) in [4.78, 5) is 15.6. The second-order valence-corrected chi connectivity index (χ2v) is 3.53. The summed E-state index contributed by atoms with van der Waals surface area (Å²) in [6, 6.07) is 2.73. The molecule has 1 N–H and O–H groups in total. The summed E-state index contributed by atoms with van der Waals surface area (Å²) in [6.45, 7) is 0. The Kier molecular flexibility index (Phi) is 2.84. The third kappa shape index (κ3) is 1.89. The van der Waals surface area contributed by atoms with Crippen LogP contribution in [0.15, 0.2) is 29.6 Å². The van der Waals surface area contributed by atoms with Crippen molar-refractivity contribution < 1.29 is 18.7 Å². The van der Waals surface area contributed by atoms with Gasteiger partial charge in [-0.2, -0.15) is 10.1 Å². The van der Waals surface area contributed by atoms with Crippen LogP contribution < -0.4 is 0 Å². The smallest absolute Gasteiger partial charge is 0.287 e. The molecule has 1 aromatic heterocycles. The summed E-state index contributed by atoms with van der Waals surface area (Å²) in [5, 5.41) is 13.6. The molecule has 1 unspecified atom stereocenters. The number of nitrogens with zero attached hydrogens (tertiary/aromatic N) is 3. The van der Waals surface area contributed by atoms with Crippen LogP contribution in [-0.2, 0) is 0 Å². The second-order valence-electron chi connectivity index (χ2n) is 3.53. The molecular formula is C10H9F2N3O2. The van der Waals surface area contributed by atoms with Crippen LogP contribution >= 0.6 is 0 Å². The number of hydrazone groups is 1. The molecule has 0 saturated carbocycles. The average Bonchev–Trinajstić information content (AvgIpc) is 2.73. The number of alkyl halides is 2. The van der Waals surface area contributed by atoms with Crippen LogP contribution in [0.5, 0.6) is 0 Å². The van der Waals surface area contributed by atoms with E-state index >= 15 is 0 Å². The first-order valence-electron chi connectivity index (χ1n) is 4.83. The quantitative estimate of drug-likeness (QED) is 0.835. The molecule has 0 aliphatic carbocycles. The van der Waals surface area contributed by atoms with Gasteiger partial charge < -0.3 is 5.11 Å². The van der Waals surface area contributed by atoms with Gasteiger partial charge in [-0.15, -0.1) is 0 Å². The molecule has 17 heavy (non-hydrogen) atoms. The Morgan fingerprint density at radius 3 is 2.71 bits per heavy atom. The molecule has 0 bridgehead atoms. The molecule has 2 rings (SSSR count). The Balaban J connectivity index is 2.29. The van der Waals surface area contributed by atoms with Gasteiger partial charge in [-0.05, 0) is 12.1 Å². The van der Waals surface area contributed by atoms with Gasteiger partial charge in [0.1, 0.15) is 0 Å². The number of hydrogen-bond donors (Lipinski definition) is 1. The van der Waals surface area contributed by atoms with Crippen LogP contribution in [-0.4, -0.2) is 39.4 Å². The second kappa shape index (κ2) is 4.17. The van der Waals surface area contributed by atoms with E-state index in [-0.39, 0.29) is 12.0 Å². The van der Waals surface area contributed by atoms with Crippen molar-refractivity contribution >= 4 is 12.1 Å². The lowest BCUT2D eigenvalue weighted by atomic mass is 10.1. The molecule has 5 nitrogen and oxygen atoms in total. The summed E-state index contributed by atoms with van der Waals surface area (Å²) in [6.07, 6.45) is 0.325. The van der Waals surface area contributed by atoms with Gasteiger partial charge in [-0.1, -0.05) is 0 Å². The number of amides is 1. The normalized spacial score (nSPS) is 23.4. The molecule has 1 amide bonds. The molecule has 0 saturated heterocycles. The van der Waals surface area contributed by atoms with E-state index < -0.39 is 18.1 Å². The fraction of sp³-hybridized carbons (Fsp3) is 0.300. The van der Waals surface area contributed by atoms with Crippen LogP contribution in [0.3, 0.4) is 0 Å². The van der Waals surface area contributed by atoms with Crippen molar-refractivity contribution in [2.45, 2.75) is 18.6 Å². The maximum Gasteiger partial charge on any atom is 0.287 e. The maximum absolute atomic E-state index is 12.7. The fourth-order valence-corrected chi connectivity index (χ4v) is 1.47. The Morgan fingerprint density at radius 2 is 2.12 bits per heavy atom. The Hall–Kier alpha value is -1.89. The zero-order valence-corrected chi connectivity index (χ0v) is 8.62. The SMILES string of the molecule is O=C(c1ccncc1)N1N=CCC1(O)C(F)F. The lowest BCUT2D eigenvalue weighted by Gasteiger charge is -2.29. The first-order valence-corrected chi connectivity index (χ1v) is 4.83. The molecule has 1 aromatic rings. The van der Waals surface area contributed by atoms with E-state index in [2.05, 4.69) is 10.1 Å². The number of carbonyl (C=O) groups is 1. The molecule has 1 aliphatic heterocycles. The van der Waals surface area contributed by atoms with Crippen molar-refractivity contribution in [3.63, 3.8) is 0 Å². The van der Waals surface area contributed by atoms with Gasteiger partial charge in [-0.3, -0.25) is 9.78 Å². The molecule has 0 spiro atoms. The van der Waals surface area contributed by atoms with Gasteiger partial charge in [0.15, 0.2) is 0 Å². The first kappa shape index (κ1) is 11.6. The number of halogens is 2. The first-order chi connectivity index (χ1) is 8.05. The monoisotopic (exact) mass is 241 g/mol. The minimum absolute atomic E-state index is 0.137. The average molecular weight is 241 g/mol. The van der Waals surface area contributed by atoms with E-state index in [0.717, 1.165) is 6.21 Å². The number of pyridine rings is 1. The Morgan fingerprint density at radius 1 is 1.47 bits per heavy atom. The molecule has 0 radical (unpaired) electrons. The van der Waals surface area contributed by atoms with Crippen LogP contribution in [0.25, 0.3) is 0 Å². The highest BCUT2D eigenvalue weighted by Crippen LogP contribution is 2.29. The van der Waals surface area contributed by atoms with Crippen molar-refractivity contribution in [1.82, 2.24) is 9.99 Å². The fourth-order valence-electron chi connectivity index (χ4n) is 1.47. The standard InChI is InChI=1S/C10H9F2N3O2/c11-9(12)10(17)3-6-14-15(10)8(16)7-1-4-13-5-2-7/h1-2,4-6,9,17H,3H2. The molecule has 0 aromatic carbocycles. The zero-order chi connectivity index (χ0) is 12.5. The Labute approximate surface area is 95.4 Å². The van der Waals surface area contributed by atoms with Crippen molar-refractivity contribution in [2.24, 2.45) is 5.10 Å². The molecular weight excluding hydrogens is 232 g/mol. The highest BCUT2D eigenvalue weighted by Gasteiger charge is 2.49. The summed E-state index contributed by atoms with van der Waals surface area (Å²) >= 11 is 0. The highest BCUT2D eigenvalue weighted by molar-refractivity contribution is 5.95. The third-order valence-corrected chi connectivity index (χ3v) is 2.42. The number of aliphatic hydroxyl groups is 1. The lowest BCUT2D eigenvalue weighted by molar-refractivity contribution is -0.164. The van der Waals surface area contributed by atoms with Crippen LogP contribution in [0.4, 0.5) is 8.78 Å². The van der Waals surface area contributed by atoms with Gasteiger partial charge in [0, 0.05) is 30.6 Å². The number of hydrogen-bond acceptors (Lipinski definition) is 4. The molecule has 1 atom stereocenters. The van der Waals surface area contributed by atoms with Gasteiger partial charge >= 0.3 is 0 Å². The van der Waals surface area contributed by atoms with Crippen molar-refractivity contribution in [3.8, 4) is 0 Å². The van der Waals surface area contributed by atoms with E-state index in [0.29, 0.717) is 5.01 Å². The van der Waals surface area contributed by atoms with Crippen molar-refractivity contribution in [1.29, 1.82) is 0 Å². The Bertz CT molecular complexity index is 452. The minimum Gasteiger partial charge on any atom is -0.364 e. The minimum atomic E-state index is -3.09. The highest BCUT2D eigenvalue weighted by atomic mass is 19.3. The maximum atomic E-state index is 12.7. The molecule has 1 aliphatic rings. The largest absolute Gasteiger partial charge is 0.364 e. The molecule has 2 heterocycles. The number of aromatic nitrogens is 1. The van der Waals surface area contributed by atoms with Gasteiger partial charge in [0.2, 0.25) is 5.72 Å². The topological polar surface area (TPSA) is 65.8 Å². The molecule has 0 fully saturated rings. The summed E-state index contributed by atoms with van der Waals surface area (Å²) in [5.41, 5.74) is -2.42. The van der Waals surface area contributed by atoms with Crippen molar-refractivity contribution in [2.75, 3.05) is 0 Å². The van der Waals surface area contributed by atoms with E-state index in [1.165, 1.54) is 24.5 Å². The lowest BCUT2D eigenvalue weighted by Crippen LogP contribution is -2.51. The molecule has 90 valence electrons. The van der Waals surface area contributed by atoms with E-state index in [1.54, 1.807) is 0 Å². The van der Waals surface area contributed by atoms with Gasteiger partial charge in [0.05, 0.1) is 0 Å². The van der Waals surface area contributed by atoms with E-state index in [4.69, 9.17) is 0 Å². The van der Waals surface area contributed by atoms with Crippen molar-refractivity contribution in [3.05, 3.63) is 30.1 Å². The number of rotatable bonds is 2.